The number of amides is 1. The van der Waals surface area contributed by atoms with Crippen LogP contribution in [0.5, 0.6) is 5.75 Å². The molecular weight excluding hydrogens is 332 g/mol. The second-order valence-corrected chi connectivity index (χ2v) is 6.80. The lowest BCUT2D eigenvalue weighted by atomic mass is 10.0. The SMILES string of the molecule is Cc1oc2ccc(OCc3ccccn3)cc2c1C(=O)NC(C)(C)CO. The lowest BCUT2D eigenvalue weighted by Gasteiger charge is -2.23. The van der Waals surface area contributed by atoms with E-state index < -0.39 is 5.54 Å². The Morgan fingerprint density at radius 2 is 2.12 bits per heavy atom. The van der Waals surface area contributed by atoms with E-state index in [1.807, 2.05) is 18.2 Å². The summed E-state index contributed by atoms with van der Waals surface area (Å²) in [4.78, 5) is 16.9. The number of aryl methyl sites for hydroxylation is 1. The molecule has 6 heteroatoms. The van der Waals surface area contributed by atoms with Crippen molar-refractivity contribution in [2.24, 2.45) is 0 Å². The summed E-state index contributed by atoms with van der Waals surface area (Å²) in [5, 5.41) is 12.9. The molecule has 0 aliphatic carbocycles. The highest BCUT2D eigenvalue weighted by atomic mass is 16.5. The molecule has 6 nitrogen and oxygen atoms in total. The van der Waals surface area contributed by atoms with Gasteiger partial charge in [0.15, 0.2) is 0 Å². The predicted molar refractivity (Wildman–Crippen MR) is 98.2 cm³/mol. The fourth-order valence-electron chi connectivity index (χ4n) is 2.62. The summed E-state index contributed by atoms with van der Waals surface area (Å²) >= 11 is 0. The van der Waals surface area contributed by atoms with Gasteiger partial charge in [0, 0.05) is 11.6 Å². The molecule has 2 aromatic heterocycles. The van der Waals surface area contributed by atoms with Gasteiger partial charge in [-0.25, -0.2) is 0 Å². The van der Waals surface area contributed by atoms with Crippen LogP contribution in [-0.4, -0.2) is 28.1 Å². The number of benzene rings is 1. The van der Waals surface area contributed by atoms with E-state index in [0.29, 0.717) is 34.6 Å². The van der Waals surface area contributed by atoms with Crippen LogP contribution in [-0.2, 0) is 6.61 Å². The van der Waals surface area contributed by atoms with Crippen molar-refractivity contribution in [3.05, 3.63) is 59.6 Å². The zero-order valence-electron chi connectivity index (χ0n) is 15.1. The lowest BCUT2D eigenvalue weighted by Crippen LogP contribution is -2.46. The molecule has 0 saturated carbocycles. The maximum Gasteiger partial charge on any atom is 0.255 e. The number of nitrogens with one attached hydrogen (secondary N) is 1. The van der Waals surface area contributed by atoms with Gasteiger partial charge in [-0.3, -0.25) is 9.78 Å². The first-order chi connectivity index (χ1) is 12.4. The Hall–Kier alpha value is -2.86. The smallest absolute Gasteiger partial charge is 0.255 e. The van der Waals surface area contributed by atoms with Gasteiger partial charge >= 0.3 is 0 Å². The van der Waals surface area contributed by atoms with E-state index in [2.05, 4.69) is 10.3 Å². The van der Waals surface area contributed by atoms with Crippen molar-refractivity contribution in [1.82, 2.24) is 10.3 Å². The van der Waals surface area contributed by atoms with Crippen LogP contribution in [0.3, 0.4) is 0 Å². The van der Waals surface area contributed by atoms with Crippen molar-refractivity contribution in [1.29, 1.82) is 0 Å². The van der Waals surface area contributed by atoms with Gasteiger partial charge in [0.2, 0.25) is 0 Å². The largest absolute Gasteiger partial charge is 0.487 e. The maximum absolute atomic E-state index is 12.7. The number of rotatable bonds is 6. The second-order valence-electron chi connectivity index (χ2n) is 6.80. The molecule has 0 spiro atoms. The molecule has 3 rings (SSSR count). The van der Waals surface area contributed by atoms with Gasteiger partial charge in [-0.2, -0.15) is 0 Å². The summed E-state index contributed by atoms with van der Waals surface area (Å²) in [7, 11) is 0. The molecule has 2 N–H and O–H groups in total. The van der Waals surface area contributed by atoms with E-state index in [9.17, 15) is 9.90 Å². The molecule has 0 radical (unpaired) electrons. The number of hydrogen-bond acceptors (Lipinski definition) is 5. The number of carbonyl (C=O) groups is 1. The number of hydrogen-bond donors (Lipinski definition) is 2. The normalized spacial score (nSPS) is 11.5. The number of carbonyl (C=O) groups excluding carboxylic acids is 1. The minimum atomic E-state index is -0.722. The number of pyridine rings is 1. The summed E-state index contributed by atoms with van der Waals surface area (Å²) < 4.78 is 11.5. The Balaban J connectivity index is 1.87. The topological polar surface area (TPSA) is 84.6 Å². The van der Waals surface area contributed by atoms with Crippen molar-refractivity contribution in [2.45, 2.75) is 32.9 Å². The van der Waals surface area contributed by atoms with E-state index >= 15 is 0 Å². The fraction of sp³-hybridized carbons (Fsp3) is 0.300. The Morgan fingerprint density at radius 3 is 2.81 bits per heavy atom. The monoisotopic (exact) mass is 354 g/mol. The standard InChI is InChI=1S/C20H22N2O4/c1-13-18(19(24)22-20(2,3)12-23)16-10-15(7-8-17(16)26-13)25-11-14-6-4-5-9-21-14/h4-10,23H,11-12H2,1-3H3,(H,22,24). The Bertz CT molecular complexity index is 916. The molecule has 0 saturated heterocycles. The number of fused-ring (bicyclic) bond motifs is 1. The Kier molecular flexibility index (Phi) is 4.95. The van der Waals surface area contributed by atoms with Crippen molar-refractivity contribution in [2.75, 3.05) is 6.61 Å². The van der Waals surface area contributed by atoms with Crippen LogP contribution >= 0.6 is 0 Å². The number of aromatic nitrogens is 1. The van der Waals surface area contributed by atoms with Crippen LogP contribution < -0.4 is 10.1 Å². The van der Waals surface area contributed by atoms with Gasteiger partial charge < -0.3 is 19.6 Å². The van der Waals surface area contributed by atoms with Crippen molar-refractivity contribution in [3.8, 4) is 5.75 Å². The van der Waals surface area contributed by atoms with Crippen LogP contribution in [0.4, 0.5) is 0 Å². The highest BCUT2D eigenvalue weighted by Crippen LogP contribution is 2.29. The first kappa shape index (κ1) is 17.9. The van der Waals surface area contributed by atoms with Crippen LogP contribution in [0.15, 0.2) is 47.0 Å². The summed E-state index contributed by atoms with van der Waals surface area (Å²) in [6, 6.07) is 11.0. The van der Waals surface area contributed by atoms with Crippen molar-refractivity contribution >= 4 is 16.9 Å². The van der Waals surface area contributed by atoms with Crippen molar-refractivity contribution in [3.63, 3.8) is 0 Å². The van der Waals surface area contributed by atoms with Gasteiger partial charge in [0.05, 0.1) is 23.4 Å². The molecule has 0 atom stereocenters. The van der Waals surface area contributed by atoms with Crippen LogP contribution in [0.25, 0.3) is 11.0 Å². The third-order valence-electron chi connectivity index (χ3n) is 4.02. The molecular formula is C20H22N2O4. The van der Waals surface area contributed by atoms with Gasteiger partial charge in [-0.05, 0) is 51.1 Å². The molecule has 0 aliphatic heterocycles. The van der Waals surface area contributed by atoms with Crippen LogP contribution in [0, 0.1) is 6.92 Å². The summed E-state index contributed by atoms with van der Waals surface area (Å²) in [6.07, 6.45) is 1.71. The number of aliphatic hydroxyl groups excluding tert-OH is 1. The molecule has 0 aliphatic rings. The third-order valence-corrected chi connectivity index (χ3v) is 4.02. The van der Waals surface area contributed by atoms with Crippen LogP contribution in [0.2, 0.25) is 0 Å². The van der Waals surface area contributed by atoms with Crippen molar-refractivity contribution < 1.29 is 19.1 Å². The molecule has 0 fully saturated rings. The molecule has 136 valence electrons. The molecule has 0 unspecified atom stereocenters. The average molecular weight is 354 g/mol. The summed E-state index contributed by atoms with van der Waals surface area (Å²) in [5.74, 6) is 0.856. The minimum absolute atomic E-state index is 0.161. The van der Waals surface area contributed by atoms with Crippen LogP contribution in [0.1, 0.15) is 35.7 Å². The molecule has 1 aromatic carbocycles. The molecule has 3 aromatic rings. The number of nitrogens with zero attached hydrogens (tertiary/aromatic N) is 1. The molecule has 1 amide bonds. The highest BCUT2D eigenvalue weighted by molar-refractivity contribution is 6.07. The Labute approximate surface area is 151 Å². The predicted octanol–water partition coefficient (Wildman–Crippen LogP) is 3.22. The first-order valence-corrected chi connectivity index (χ1v) is 8.39. The molecule has 2 heterocycles. The van der Waals surface area contributed by atoms with E-state index in [1.54, 1.807) is 45.2 Å². The van der Waals surface area contributed by atoms with E-state index in [4.69, 9.17) is 9.15 Å². The third kappa shape index (κ3) is 3.86. The van der Waals surface area contributed by atoms with Gasteiger partial charge in [-0.15, -0.1) is 0 Å². The van der Waals surface area contributed by atoms with Gasteiger partial charge in [0.1, 0.15) is 23.7 Å². The first-order valence-electron chi connectivity index (χ1n) is 8.39. The Morgan fingerprint density at radius 1 is 1.31 bits per heavy atom. The quantitative estimate of drug-likeness (QED) is 0.710. The highest BCUT2D eigenvalue weighted by Gasteiger charge is 2.25. The van der Waals surface area contributed by atoms with E-state index in [1.165, 1.54) is 0 Å². The second kappa shape index (κ2) is 7.17. The average Bonchev–Trinajstić information content (AvgIpc) is 2.95. The van der Waals surface area contributed by atoms with Gasteiger partial charge in [-0.1, -0.05) is 6.07 Å². The number of aliphatic hydroxyl groups is 1. The van der Waals surface area contributed by atoms with E-state index in [-0.39, 0.29) is 12.5 Å². The summed E-state index contributed by atoms with van der Waals surface area (Å²) in [6.45, 7) is 5.43. The number of ether oxygens (including phenoxy) is 1. The van der Waals surface area contributed by atoms with Gasteiger partial charge in [0.25, 0.3) is 5.91 Å². The number of furan rings is 1. The molecule has 26 heavy (non-hydrogen) atoms. The zero-order valence-corrected chi connectivity index (χ0v) is 15.1. The lowest BCUT2D eigenvalue weighted by molar-refractivity contribution is 0.0869. The zero-order chi connectivity index (χ0) is 18.7. The minimum Gasteiger partial charge on any atom is -0.487 e. The maximum atomic E-state index is 12.7. The fourth-order valence-corrected chi connectivity index (χ4v) is 2.62. The summed E-state index contributed by atoms with van der Waals surface area (Å²) in [5.41, 5.74) is 1.16. The molecule has 0 bridgehead atoms. The van der Waals surface area contributed by atoms with E-state index in [0.717, 1.165) is 5.69 Å².